The Kier molecular flexibility index (Phi) is 4.21. The van der Waals surface area contributed by atoms with Gasteiger partial charge < -0.3 is 9.15 Å². The van der Waals surface area contributed by atoms with Gasteiger partial charge in [-0.15, -0.1) is 0 Å². The molecule has 0 aliphatic heterocycles. The van der Waals surface area contributed by atoms with E-state index in [1.807, 2.05) is 19.1 Å². The van der Waals surface area contributed by atoms with Gasteiger partial charge in [-0.05, 0) is 53.8 Å². The molecule has 0 spiro atoms. The smallest absolute Gasteiger partial charge is 0.343 e. The summed E-state index contributed by atoms with van der Waals surface area (Å²) in [5.41, 5.74) is 2.53. The van der Waals surface area contributed by atoms with Gasteiger partial charge in [-0.1, -0.05) is 32.9 Å². The van der Waals surface area contributed by atoms with E-state index in [-0.39, 0.29) is 5.41 Å². The molecule has 4 nitrogen and oxygen atoms in total. The Bertz CT molecular complexity index is 989. The van der Waals surface area contributed by atoms with Gasteiger partial charge in [0, 0.05) is 11.5 Å². The van der Waals surface area contributed by atoms with E-state index in [9.17, 15) is 9.59 Å². The molecule has 0 radical (unpaired) electrons. The number of aryl methyl sites for hydroxylation is 1. The molecule has 128 valence electrons. The monoisotopic (exact) mass is 336 g/mol. The summed E-state index contributed by atoms with van der Waals surface area (Å²) in [7, 11) is 0. The number of hydrogen-bond acceptors (Lipinski definition) is 4. The summed E-state index contributed by atoms with van der Waals surface area (Å²) >= 11 is 0. The van der Waals surface area contributed by atoms with Crippen molar-refractivity contribution in [1.29, 1.82) is 0 Å². The summed E-state index contributed by atoms with van der Waals surface area (Å²) in [6.07, 6.45) is 0. The molecule has 0 amide bonds. The van der Waals surface area contributed by atoms with Gasteiger partial charge in [0.05, 0.1) is 5.56 Å². The molecule has 1 heterocycles. The zero-order valence-electron chi connectivity index (χ0n) is 14.8. The maximum atomic E-state index is 12.4. The molecule has 0 bridgehead atoms. The molecule has 25 heavy (non-hydrogen) atoms. The van der Waals surface area contributed by atoms with E-state index >= 15 is 0 Å². The zero-order valence-corrected chi connectivity index (χ0v) is 14.8. The van der Waals surface area contributed by atoms with Crippen LogP contribution in [0.4, 0.5) is 0 Å². The van der Waals surface area contributed by atoms with Gasteiger partial charge in [0.25, 0.3) is 0 Å². The third-order valence-electron chi connectivity index (χ3n) is 4.12. The van der Waals surface area contributed by atoms with Gasteiger partial charge in [-0.25, -0.2) is 9.59 Å². The van der Waals surface area contributed by atoms with Crippen LogP contribution in [-0.4, -0.2) is 5.97 Å². The highest BCUT2D eigenvalue weighted by molar-refractivity contribution is 5.92. The van der Waals surface area contributed by atoms with Crippen LogP contribution >= 0.6 is 0 Å². The standard InChI is InChI=1S/C21H20O4/c1-13-11-19(22)25-18-10-9-16(12-17(13)18)24-20(23)14-5-7-15(8-6-14)21(2,3)4/h5-12H,1-4H3. The van der Waals surface area contributed by atoms with E-state index in [4.69, 9.17) is 9.15 Å². The van der Waals surface area contributed by atoms with Crippen molar-refractivity contribution in [2.45, 2.75) is 33.1 Å². The lowest BCUT2D eigenvalue weighted by molar-refractivity contribution is 0.0735. The summed E-state index contributed by atoms with van der Waals surface area (Å²) < 4.78 is 10.6. The molecule has 0 saturated heterocycles. The van der Waals surface area contributed by atoms with Gasteiger partial charge in [0.1, 0.15) is 11.3 Å². The Morgan fingerprint density at radius 1 is 1.00 bits per heavy atom. The summed E-state index contributed by atoms with van der Waals surface area (Å²) in [5, 5.41) is 0.744. The molecule has 0 fully saturated rings. The minimum Gasteiger partial charge on any atom is -0.423 e. The Labute approximate surface area is 146 Å². The molecule has 4 heteroatoms. The fourth-order valence-corrected chi connectivity index (χ4v) is 2.63. The van der Waals surface area contributed by atoms with E-state index in [0.29, 0.717) is 16.9 Å². The predicted molar refractivity (Wildman–Crippen MR) is 97.3 cm³/mol. The largest absolute Gasteiger partial charge is 0.423 e. The Morgan fingerprint density at radius 2 is 1.68 bits per heavy atom. The molecule has 0 N–H and O–H groups in total. The lowest BCUT2D eigenvalue weighted by Gasteiger charge is -2.18. The third-order valence-corrected chi connectivity index (χ3v) is 4.12. The highest BCUT2D eigenvalue weighted by Gasteiger charge is 2.15. The van der Waals surface area contributed by atoms with Gasteiger partial charge in [0.2, 0.25) is 0 Å². The van der Waals surface area contributed by atoms with Crippen molar-refractivity contribution >= 4 is 16.9 Å². The maximum Gasteiger partial charge on any atom is 0.343 e. The Balaban J connectivity index is 1.85. The number of benzene rings is 2. The van der Waals surface area contributed by atoms with Crippen molar-refractivity contribution in [2.75, 3.05) is 0 Å². The number of fused-ring (bicyclic) bond motifs is 1. The quantitative estimate of drug-likeness (QED) is 0.389. The van der Waals surface area contributed by atoms with Crippen molar-refractivity contribution < 1.29 is 13.9 Å². The third kappa shape index (κ3) is 3.63. The van der Waals surface area contributed by atoms with Gasteiger partial charge in [-0.2, -0.15) is 0 Å². The Morgan fingerprint density at radius 3 is 2.32 bits per heavy atom. The SMILES string of the molecule is Cc1cc(=O)oc2ccc(OC(=O)c3ccc(C(C)(C)C)cc3)cc12. The molecule has 0 saturated carbocycles. The number of esters is 1. The first-order chi connectivity index (χ1) is 11.7. The second-order valence-corrected chi connectivity index (χ2v) is 7.12. The fourth-order valence-electron chi connectivity index (χ4n) is 2.63. The topological polar surface area (TPSA) is 56.5 Å². The molecule has 0 aliphatic carbocycles. The van der Waals surface area contributed by atoms with E-state index in [0.717, 1.165) is 16.5 Å². The first-order valence-electron chi connectivity index (χ1n) is 8.11. The highest BCUT2D eigenvalue weighted by atomic mass is 16.5. The van der Waals surface area contributed by atoms with Crippen LogP contribution in [0, 0.1) is 6.92 Å². The maximum absolute atomic E-state index is 12.4. The summed E-state index contributed by atoms with van der Waals surface area (Å²) in [6.45, 7) is 8.18. The number of carbonyl (C=O) groups is 1. The van der Waals surface area contributed by atoms with Crippen LogP contribution in [0.15, 0.2) is 57.7 Å². The van der Waals surface area contributed by atoms with E-state index < -0.39 is 11.6 Å². The predicted octanol–water partition coefficient (Wildman–Crippen LogP) is 4.62. The number of ether oxygens (including phenoxy) is 1. The van der Waals surface area contributed by atoms with Crippen LogP contribution < -0.4 is 10.4 Å². The molecule has 0 unspecified atom stereocenters. The summed E-state index contributed by atoms with van der Waals surface area (Å²) in [6, 6.07) is 13.8. The highest BCUT2D eigenvalue weighted by Crippen LogP contribution is 2.25. The number of carbonyl (C=O) groups excluding carboxylic acids is 1. The van der Waals surface area contributed by atoms with Crippen molar-refractivity contribution in [3.8, 4) is 5.75 Å². The lowest BCUT2D eigenvalue weighted by atomic mass is 9.87. The second kappa shape index (κ2) is 6.20. The second-order valence-electron chi connectivity index (χ2n) is 7.12. The fraction of sp³-hybridized carbons (Fsp3) is 0.238. The van der Waals surface area contributed by atoms with Crippen LogP contribution in [-0.2, 0) is 5.41 Å². The average Bonchev–Trinajstić information content (AvgIpc) is 2.54. The van der Waals surface area contributed by atoms with Crippen molar-refractivity contribution in [3.63, 3.8) is 0 Å². The zero-order chi connectivity index (χ0) is 18.2. The van der Waals surface area contributed by atoms with Gasteiger partial charge in [-0.3, -0.25) is 0 Å². The molecule has 3 rings (SSSR count). The molecule has 0 aliphatic rings. The van der Waals surface area contributed by atoms with Crippen LogP contribution in [0.3, 0.4) is 0 Å². The summed E-state index contributed by atoms with van der Waals surface area (Å²) in [5.74, 6) is -0.0100. The van der Waals surface area contributed by atoms with Gasteiger partial charge >= 0.3 is 11.6 Å². The number of rotatable bonds is 2. The molecule has 2 aromatic carbocycles. The normalized spacial score (nSPS) is 11.5. The molecular weight excluding hydrogens is 316 g/mol. The first kappa shape index (κ1) is 17.0. The van der Waals surface area contributed by atoms with Crippen LogP contribution in [0.5, 0.6) is 5.75 Å². The minimum absolute atomic E-state index is 0.0300. The number of hydrogen-bond donors (Lipinski definition) is 0. The van der Waals surface area contributed by atoms with Crippen LogP contribution in [0.2, 0.25) is 0 Å². The minimum atomic E-state index is -0.421. The van der Waals surface area contributed by atoms with Crippen molar-refractivity contribution in [3.05, 3.63) is 75.6 Å². The summed E-state index contributed by atoms with van der Waals surface area (Å²) in [4.78, 5) is 23.8. The Hall–Kier alpha value is -2.88. The lowest BCUT2D eigenvalue weighted by Crippen LogP contribution is -2.13. The van der Waals surface area contributed by atoms with E-state index in [1.165, 1.54) is 6.07 Å². The van der Waals surface area contributed by atoms with Gasteiger partial charge in [0.15, 0.2) is 0 Å². The van der Waals surface area contributed by atoms with Crippen LogP contribution in [0.25, 0.3) is 11.0 Å². The first-order valence-corrected chi connectivity index (χ1v) is 8.11. The van der Waals surface area contributed by atoms with E-state index in [1.54, 1.807) is 30.3 Å². The molecule has 1 aromatic heterocycles. The molecule has 3 aromatic rings. The van der Waals surface area contributed by atoms with Crippen LogP contribution in [0.1, 0.15) is 42.3 Å². The molecule has 0 atom stereocenters. The molecular formula is C21H20O4. The van der Waals surface area contributed by atoms with Crippen molar-refractivity contribution in [2.24, 2.45) is 0 Å². The van der Waals surface area contributed by atoms with Crippen molar-refractivity contribution in [1.82, 2.24) is 0 Å². The van der Waals surface area contributed by atoms with E-state index in [2.05, 4.69) is 20.8 Å². The average molecular weight is 336 g/mol.